The highest BCUT2D eigenvalue weighted by Crippen LogP contribution is 2.38. The topological polar surface area (TPSA) is 50.4 Å². The van der Waals surface area contributed by atoms with Crippen molar-refractivity contribution in [3.05, 3.63) is 41.6 Å². The van der Waals surface area contributed by atoms with E-state index in [1.54, 1.807) is 0 Å². The second kappa shape index (κ2) is 6.25. The van der Waals surface area contributed by atoms with Gasteiger partial charge < -0.3 is 5.32 Å². The van der Waals surface area contributed by atoms with Gasteiger partial charge in [-0.3, -0.25) is 15.1 Å². The SMILES string of the molecule is CC1=CC2(CCC(C(=O)Nc3ccc(C(C)(C)C)cc3)CC2)ON1. The molecule has 0 aromatic heterocycles. The molecule has 2 N–H and O–H groups in total. The van der Waals surface area contributed by atoms with Crippen LogP contribution < -0.4 is 10.8 Å². The van der Waals surface area contributed by atoms with Crippen molar-refractivity contribution < 1.29 is 9.63 Å². The minimum absolute atomic E-state index is 0.0656. The summed E-state index contributed by atoms with van der Waals surface area (Å²) in [5.74, 6) is 0.191. The van der Waals surface area contributed by atoms with Gasteiger partial charge in [-0.25, -0.2) is 0 Å². The Kier molecular flexibility index (Phi) is 4.43. The number of hydrogen-bond acceptors (Lipinski definition) is 3. The molecule has 24 heavy (non-hydrogen) atoms. The van der Waals surface area contributed by atoms with Crippen molar-refractivity contribution in [1.82, 2.24) is 5.48 Å². The highest BCUT2D eigenvalue weighted by molar-refractivity contribution is 5.92. The van der Waals surface area contributed by atoms with E-state index in [9.17, 15) is 4.79 Å². The molecule has 3 rings (SSSR count). The fraction of sp³-hybridized carbons (Fsp3) is 0.550. The van der Waals surface area contributed by atoms with E-state index in [1.807, 2.05) is 19.1 Å². The van der Waals surface area contributed by atoms with Gasteiger partial charge in [-0.15, -0.1) is 0 Å². The predicted octanol–water partition coefficient (Wildman–Crippen LogP) is 4.29. The van der Waals surface area contributed by atoms with Crippen LogP contribution in [0.2, 0.25) is 0 Å². The molecule has 0 unspecified atom stereocenters. The van der Waals surface area contributed by atoms with Crippen LogP contribution in [0, 0.1) is 5.92 Å². The summed E-state index contributed by atoms with van der Waals surface area (Å²) in [6, 6.07) is 8.19. The molecule has 1 spiro atoms. The average molecular weight is 328 g/mol. The predicted molar refractivity (Wildman–Crippen MR) is 96.4 cm³/mol. The Morgan fingerprint density at radius 1 is 1.21 bits per heavy atom. The van der Waals surface area contributed by atoms with E-state index >= 15 is 0 Å². The Bertz CT molecular complexity index is 633. The molecule has 1 aliphatic carbocycles. The lowest BCUT2D eigenvalue weighted by Gasteiger charge is -2.33. The van der Waals surface area contributed by atoms with Crippen LogP contribution in [0.1, 0.15) is 58.9 Å². The third kappa shape index (κ3) is 3.64. The minimum atomic E-state index is -0.199. The smallest absolute Gasteiger partial charge is 0.227 e. The van der Waals surface area contributed by atoms with Crippen molar-refractivity contribution >= 4 is 11.6 Å². The number of carbonyl (C=O) groups is 1. The molecule has 0 bridgehead atoms. The number of hydrogen-bond donors (Lipinski definition) is 2. The zero-order chi connectivity index (χ0) is 17.4. The lowest BCUT2D eigenvalue weighted by molar-refractivity contribution is -0.124. The fourth-order valence-electron chi connectivity index (χ4n) is 3.55. The number of benzene rings is 1. The van der Waals surface area contributed by atoms with Crippen LogP contribution in [0.3, 0.4) is 0 Å². The first kappa shape index (κ1) is 17.0. The Morgan fingerprint density at radius 3 is 2.33 bits per heavy atom. The third-order valence-electron chi connectivity index (χ3n) is 5.12. The Labute approximate surface area is 144 Å². The second-order valence-electron chi connectivity index (χ2n) is 8.19. The van der Waals surface area contributed by atoms with E-state index in [4.69, 9.17) is 4.84 Å². The van der Waals surface area contributed by atoms with E-state index in [0.29, 0.717) is 0 Å². The van der Waals surface area contributed by atoms with Crippen molar-refractivity contribution in [2.45, 2.75) is 64.4 Å². The largest absolute Gasteiger partial charge is 0.326 e. The van der Waals surface area contributed by atoms with Crippen LogP contribution in [0.5, 0.6) is 0 Å². The number of allylic oxidation sites excluding steroid dienone is 1. The van der Waals surface area contributed by atoms with Gasteiger partial charge in [0.25, 0.3) is 0 Å². The molecule has 4 heteroatoms. The molecule has 1 aliphatic heterocycles. The van der Waals surface area contributed by atoms with Crippen LogP contribution in [0.4, 0.5) is 5.69 Å². The Balaban J connectivity index is 1.56. The van der Waals surface area contributed by atoms with Gasteiger partial charge in [0.05, 0.1) is 0 Å². The van der Waals surface area contributed by atoms with Crippen molar-refractivity contribution in [2.75, 3.05) is 5.32 Å². The van der Waals surface area contributed by atoms with Gasteiger partial charge in [-0.05, 0) is 61.8 Å². The summed E-state index contributed by atoms with van der Waals surface area (Å²) >= 11 is 0. The van der Waals surface area contributed by atoms with E-state index in [-0.39, 0.29) is 22.8 Å². The number of hydroxylamine groups is 1. The van der Waals surface area contributed by atoms with Crippen molar-refractivity contribution in [3.63, 3.8) is 0 Å². The third-order valence-corrected chi connectivity index (χ3v) is 5.12. The average Bonchev–Trinajstić information content (AvgIpc) is 2.88. The molecule has 4 nitrogen and oxygen atoms in total. The summed E-state index contributed by atoms with van der Waals surface area (Å²) in [4.78, 5) is 18.2. The molecule has 2 aliphatic rings. The highest BCUT2D eigenvalue weighted by atomic mass is 16.7. The van der Waals surface area contributed by atoms with Crippen LogP contribution in [-0.2, 0) is 15.0 Å². The quantitative estimate of drug-likeness (QED) is 0.851. The van der Waals surface area contributed by atoms with Gasteiger partial charge in [0.1, 0.15) is 5.60 Å². The fourth-order valence-corrected chi connectivity index (χ4v) is 3.55. The highest BCUT2D eigenvalue weighted by Gasteiger charge is 2.40. The molecule has 130 valence electrons. The molecule has 1 aromatic carbocycles. The van der Waals surface area contributed by atoms with Crippen molar-refractivity contribution in [3.8, 4) is 0 Å². The maximum Gasteiger partial charge on any atom is 0.227 e. The van der Waals surface area contributed by atoms with Crippen molar-refractivity contribution in [1.29, 1.82) is 0 Å². The summed E-state index contributed by atoms with van der Waals surface area (Å²) < 4.78 is 0. The molecule has 1 amide bonds. The normalized spacial score (nSPS) is 26.8. The first-order valence-electron chi connectivity index (χ1n) is 8.82. The zero-order valence-corrected chi connectivity index (χ0v) is 15.1. The molecule has 1 aromatic rings. The molecule has 1 heterocycles. The molecular weight excluding hydrogens is 300 g/mol. The lowest BCUT2D eigenvalue weighted by atomic mass is 9.78. The number of nitrogens with one attached hydrogen (secondary N) is 2. The maximum atomic E-state index is 12.5. The molecule has 0 atom stereocenters. The second-order valence-corrected chi connectivity index (χ2v) is 8.19. The number of rotatable bonds is 2. The summed E-state index contributed by atoms with van der Waals surface area (Å²) in [5.41, 5.74) is 6.08. The molecule has 1 saturated carbocycles. The zero-order valence-electron chi connectivity index (χ0n) is 15.1. The summed E-state index contributed by atoms with van der Waals surface area (Å²) in [7, 11) is 0. The summed E-state index contributed by atoms with van der Waals surface area (Å²) in [6.07, 6.45) is 5.65. The first-order chi connectivity index (χ1) is 11.3. The Hall–Kier alpha value is -1.81. The van der Waals surface area contributed by atoms with E-state index in [1.165, 1.54) is 5.56 Å². The van der Waals surface area contributed by atoms with Gasteiger partial charge in [0, 0.05) is 17.3 Å². The van der Waals surface area contributed by atoms with Crippen LogP contribution in [-0.4, -0.2) is 11.5 Å². The lowest BCUT2D eigenvalue weighted by Crippen LogP contribution is -2.37. The van der Waals surface area contributed by atoms with Gasteiger partial charge in [-0.2, -0.15) is 0 Å². The maximum absolute atomic E-state index is 12.5. The standard InChI is InChI=1S/C20H28N2O2/c1-14-13-20(24-22-14)11-9-15(10-12-20)18(23)21-17-7-5-16(6-8-17)19(2,3)4/h5-8,13,15,22H,9-12H2,1-4H3,(H,21,23). The van der Waals surface area contributed by atoms with Gasteiger partial charge in [-0.1, -0.05) is 32.9 Å². The Morgan fingerprint density at radius 2 is 1.83 bits per heavy atom. The summed E-state index contributed by atoms with van der Waals surface area (Å²) in [5, 5.41) is 3.07. The summed E-state index contributed by atoms with van der Waals surface area (Å²) in [6.45, 7) is 8.58. The first-order valence-corrected chi connectivity index (χ1v) is 8.82. The molecular formula is C20H28N2O2. The number of carbonyl (C=O) groups excluding carboxylic acids is 1. The monoisotopic (exact) mass is 328 g/mol. The van der Waals surface area contributed by atoms with E-state index in [2.05, 4.69) is 49.8 Å². The van der Waals surface area contributed by atoms with E-state index in [0.717, 1.165) is 37.1 Å². The number of amides is 1. The van der Waals surface area contributed by atoms with Gasteiger partial charge in [0.15, 0.2) is 0 Å². The minimum Gasteiger partial charge on any atom is -0.326 e. The van der Waals surface area contributed by atoms with Crippen LogP contribution in [0.15, 0.2) is 36.0 Å². The molecule has 0 saturated heterocycles. The molecule has 1 fully saturated rings. The van der Waals surface area contributed by atoms with Crippen LogP contribution >= 0.6 is 0 Å². The number of anilines is 1. The molecule has 0 radical (unpaired) electrons. The van der Waals surface area contributed by atoms with Gasteiger partial charge in [0.2, 0.25) is 5.91 Å². The van der Waals surface area contributed by atoms with Crippen molar-refractivity contribution in [2.24, 2.45) is 5.92 Å². The van der Waals surface area contributed by atoms with E-state index < -0.39 is 0 Å². The van der Waals surface area contributed by atoms with Crippen LogP contribution in [0.25, 0.3) is 0 Å². The van der Waals surface area contributed by atoms with Gasteiger partial charge >= 0.3 is 0 Å².